The minimum atomic E-state index is -3.94. The number of thiazole rings is 1. The molecule has 0 fully saturated rings. The molecule has 0 aliphatic rings. The average Bonchev–Trinajstić information content (AvgIpc) is 2.78. The summed E-state index contributed by atoms with van der Waals surface area (Å²) in [6.45, 7) is 0. The van der Waals surface area contributed by atoms with Crippen LogP contribution >= 0.6 is 22.9 Å². The van der Waals surface area contributed by atoms with E-state index < -0.39 is 27.4 Å². The number of hydrogen-bond acceptors (Lipinski definition) is 5. The van der Waals surface area contributed by atoms with Crippen LogP contribution in [0.1, 0.15) is 10.4 Å². The zero-order chi connectivity index (χ0) is 14.9. The van der Waals surface area contributed by atoms with Crippen LogP contribution in [0.25, 0.3) is 0 Å². The summed E-state index contributed by atoms with van der Waals surface area (Å²) in [7, 11) is -3.94. The first kappa shape index (κ1) is 14.7. The predicted molar refractivity (Wildman–Crippen MR) is 71.3 cm³/mol. The van der Waals surface area contributed by atoms with Crippen molar-refractivity contribution in [1.29, 1.82) is 0 Å². The van der Waals surface area contributed by atoms with E-state index in [0.717, 1.165) is 35.7 Å². The molecule has 20 heavy (non-hydrogen) atoms. The highest BCUT2D eigenvalue weighted by Gasteiger charge is 2.19. The van der Waals surface area contributed by atoms with E-state index in [2.05, 4.69) is 9.71 Å². The molecule has 10 heteroatoms. The fourth-order valence-corrected chi connectivity index (χ4v) is 3.66. The Hall–Kier alpha value is -1.71. The Morgan fingerprint density at radius 3 is 2.70 bits per heavy atom. The summed E-state index contributed by atoms with van der Waals surface area (Å²) in [5.74, 6) is -2.45. The second-order valence-electron chi connectivity index (χ2n) is 3.54. The molecule has 2 rings (SSSR count). The lowest BCUT2D eigenvalue weighted by Crippen LogP contribution is -2.12. The molecular weight excluding hydrogens is 331 g/mol. The first-order valence-electron chi connectivity index (χ1n) is 4.96. The predicted octanol–water partition coefficient (Wildman–Crippen LogP) is 2.43. The van der Waals surface area contributed by atoms with Gasteiger partial charge in [0.05, 0.1) is 11.8 Å². The third-order valence-corrected chi connectivity index (χ3v) is 5.13. The average molecular weight is 337 g/mol. The Morgan fingerprint density at radius 1 is 1.45 bits per heavy atom. The summed E-state index contributed by atoms with van der Waals surface area (Å²) >= 11 is 6.29. The molecule has 0 bridgehead atoms. The van der Waals surface area contributed by atoms with Crippen molar-refractivity contribution in [3.63, 3.8) is 0 Å². The Kier molecular flexibility index (Phi) is 3.93. The molecule has 0 amide bonds. The molecule has 0 saturated heterocycles. The molecule has 0 aliphatic carbocycles. The molecule has 6 nitrogen and oxygen atoms in total. The van der Waals surface area contributed by atoms with Crippen molar-refractivity contribution < 1.29 is 22.7 Å². The number of carbonyl (C=O) groups is 1. The molecule has 0 spiro atoms. The minimum Gasteiger partial charge on any atom is -0.478 e. The third-order valence-electron chi connectivity index (χ3n) is 2.17. The first-order valence-corrected chi connectivity index (χ1v) is 7.64. The van der Waals surface area contributed by atoms with E-state index in [-0.39, 0.29) is 14.4 Å². The van der Waals surface area contributed by atoms with Gasteiger partial charge in [-0.25, -0.2) is 22.6 Å². The lowest BCUT2D eigenvalue weighted by atomic mass is 10.2. The SMILES string of the molecule is O=C(O)c1cc(NS(=O)(=O)c2cnc(Cl)s2)ccc1F. The summed E-state index contributed by atoms with van der Waals surface area (Å²) < 4.78 is 39.1. The van der Waals surface area contributed by atoms with Crippen LogP contribution in [0.5, 0.6) is 0 Å². The molecule has 1 aromatic carbocycles. The van der Waals surface area contributed by atoms with Crippen molar-refractivity contribution in [3.8, 4) is 0 Å². The molecule has 1 aromatic heterocycles. The standard InChI is InChI=1S/C10H6ClFN2O4S2/c11-10-13-4-8(19-10)20(17,18)14-5-1-2-7(12)6(3-5)9(15)16/h1-4,14H,(H,15,16). The summed E-state index contributed by atoms with van der Waals surface area (Å²) in [6, 6.07) is 2.86. The summed E-state index contributed by atoms with van der Waals surface area (Å²) in [4.78, 5) is 14.4. The Balaban J connectivity index is 2.35. The highest BCUT2D eigenvalue weighted by molar-refractivity contribution is 7.94. The van der Waals surface area contributed by atoms with Gasteiger partial charge in [0.1, 0.15) is 5.82 Å². The number of carboxylic acids is 1. The third kappa shape index (κ3) is 3.06. The van der Waals surface area contributed by atoms with Crippen molar-refractivity contribution in [3.05, 3.63) is 40.2 Å². The number of anilines is 1. The van der Waals surface area contributed by atoms with Gasteiger partial charge in [-0.3, -0.25) is 4.72 Å². The topological polar surface area (TPSA) is 96.4 Å². The van der Waals surface area contributed by atoms with Gasteiger partial charge in [0.2, 0.25) is 0 Å². The van der Waals surface area contributed by atoms with Crippen LogP contribution in [0.4, 0.5) is 10.1 Å². The van der Waals surface area contributed by atoms with Gasteiger partial charge >= 0.3 is 5.97 Å². The molecule has 2 aromatic rings. The van der Waals surface area contributed by atoms with Gasteiger partial charge in [-0.2, -0.15) is 0 Å². The normalized spacial score (nSPS) is 11.3. The summed E-state index contributed by atoms with van der Waals surface area (Å²) in [5, 5.41) is 8.77. The van der Waals surface area contributed by atoms with E-state index in [9.17, 15) is 17.6 Å². The summed E-state index contributed by atoms with van der Waals surface area (Å²) in [5.41, 5.74) is -0.708. The zero-order valence-corrected chi connectivity index (χ0v) is 11.9. The minimum absolute atomic E-state index is 0.0516. The van der Waals surface area contributed by atoms with Crippen LogP contribution in [0.3, 0.4) is 0 Å². The number of rotatable bonds is 4. The maximum atomic E-state index is 13.2. The Labute approximate surface area is 121 Å². The van der Waals surface area contributed by atoms with Gasteiger partial charge in [-0.1, -0.05) is 22.9 Å². The lowest BCUT2D eigenvalue weighted by molar-refractivity contribution is 0.0692. The van der Waals surface area contributed by atoms with Crippen molar-refractivity contribution in [2.75, 3.05) is 4.72 Å². The fraction of sp³-hybridized carbons (Fsp3) is 0. The van der Waals surface area contributed by atoms with E-state index >= 15 is 0 Å². The van der Waals surface area contributed by atoms with Gasteiger partial charge in [0, 0.05) is 5.69 Å². The molecule has 0 unspecified atom stereocenters. The van der Waals surface area contributed by atoms with Crippen LogP contribution in [0.2, 0.25) is 4.47 Å². The Bertz CT molecular complexity index is 775. The highest BCUT2D eigenvalue weighted by Crippen LogP contribution is 2.25. The van der Waals surface area contributed by atoms with Gasteiger partial charge in [-0.05, 0) is 18.2 Å². The van der Waals surface area contributed by atoms with Crippen LogP contribution in [-0.2, 0) is 10.0 Å². The second kappa shape index (κ2) is 5.35. The molecule has 2 N–H and O–H groups in total. The monoisotopic (exact) mass is 336 g/mol. The van der Waals surface area contributed by atoms with Crippen LogP contribution < -0.4 is 4.72 Å². The van der Waals surface area contributed by atoms with Gasteiger partial charge < -0.3 is 5.11 Å². The molecule has 106 valence electrons. The van der Waals surface area contributed by atoms with E-state index in [1.165, 1.54) is 0 Å². The van der Waals surface area contributed by atoms with Crippen LogP contribution in [0, 0.1) is 5.82 Å². The van der Waals surface area contributed by atoms with E-state index in [1.54, 1.807) is 0 Å². The van der Waals surface area contributed by atoms with E-state index in [1.807, 2.05) is 0 Å². The number of hydrogen-bond donors (Lipinski definition) is 2. The molecule has 0 saturated carbocycles. The van der Waals surface area contributed by atoms with Crippen LogP contribution in [0.15, 0.2) is 28.6 Å². The van der Waals surface area contributed by atoms with Crippen molar-refractivity contribution in [1.82, 2.24) is 4.98 Å². The van der Waals surface area contributed by atoms with Crippen LogP contribution in [-0.4, -0.2) is 24.5 Å². The second-order valence-corrected chi connectivity index (χ2v) is 7.06. The number of nitrogens with one attached hydrogen (secondary N) is 1. The zero-order valence-electron chi connectivity index (χ0n) is 9.50. The van der Waals surface area contributed by atoms with Crippen molar-refractivity contribution >= 4 is 44.6 Å². The highest BCUT2D eigenvalue weighted by atomic mass is 35.5. The number of sulfonamides is 1. The number of carboxylic acid groups (broad SMARTS) is 1. The number of nitrogens with zero attached hydrogens (tertiary/aromatic N) is 1. The molecule has 1 heterocycles. The lowest BCUT2D eigenvalue weighted by Gasteiger charge is -2.07. The maximum absolute atomic E-state index is 13.2. The van der Waals surface area contributed by atoms with Gasteiger partial charge in [0.25, 0.3) is 10.0 Å². The number of halogens is 2. The van der Waals surface area contributed by atoms with Crippen molar-refractivity contribution in [2.24, 2.45) is 0 Å². The number of aromatic carboxylic acids is 1. The molecular formula is C10H6ClFN2O4S2. The molecule has 0 atom stereocenters. The van der Waals surface area contributed by atoms with E-state index in [4.69, 9.17) is 16.7 Å². The number of aromatic nitrogens is 1. The maximum Gasteiger partial charge on any atom is 0.338 e. The molecule has 0 aliphatic heterocycles. The van der Waals surface area contributed by atoms with Gasteiger partial charge in [0.15, 0.2) is 8.68 Å². The quantitative estimate of drug-likeness (QED) is 0.893. The van der Waals surface area contributed by atoms with Crippen molar-refractivity contribution in [2.45, 2.75) is 4.21 Å². The first-order chi connectivity index (χ1) is 9.29. The molecule has 0 radical (unpaired) electrons. The Morgan fingerprint density at radius 2 is 2.15 bits per heavy atom. The largest absolute Gasteiger partial charge is 0.478 e. The smallest absolute Gasteiger partial charge is 0.338 e. The van der Waals surface area contributed by atoms with Gasteiger partial charge in [-0.15, -0.1) is 0 Å². The van der Waals surface area contributed by atoms with E-state index in [0.29, 0.717) is 0 Å². The number of benzene rings is 1. The fourth-order valence-electron chi connectivity index (χ4n) is 1.32. The summed E-state index contributed by atoms with van der Waals surface area (Å²) in [6.07, 6.45) is 1.07.